The maximum absolute atomic E-state index is 12.1. The summed E-state index contributed by atoms with van der Waals surface area (Å²) in [5.41, 5.74) is 6.11. The molecule has 17 heavy (non-hydrogen) atoms. The van der Waals surface area contributed by atoms with E-state index >= 15 is 0 Å². The lowest BCUT2D eigenvalue weighted by Crippen LogP contribution is -2.33. The van der Waals surface area contributed by atoms with E-state index in [1.807, 2.05) is 0 Å². The van der Waals surface area contributed by atoms with Crippen molar-refractivity contribution in [3.05, 3.63) is 24.3 Å². The summed E-state index contributed by atoms with van der Waals surface area (Å²) in [5.74, 6) is 0.647. The summed E-state index contributed by atoms with van der Waals surface area (Å²) in [6.45, 7) is 0.653. The van der Waals surface area contributed by atoms with Gasteiger partial charge in [0, 0.05) is 19.2 Å². The molecule has 1 aliphatic rings. The summed E-state index contributed by atoms with van der Waals surface area (Å²) in [6, 6.07) is 7.04. The van der Waals surface area contributed by atoms with Crippen molar-refractivity contribution in [1.29, 1.82) is 0 Å². The van der Waals surface area contributed by atoms with E-state index in [2.05, 4.69) is 0 Å². The van der Waals surface area contributed by atoms with Gasteiger partial charge >= 0.3 is 0 Å². The third kappa shape index (κ3) is 2.10. The van der Waals surface area contributed by atoms with Gasteiger partial charge in [-0.2, -0.15) is 0 Å². The number of nitrogens with two attached hydrogens (primary N) is 1. The summed E-state index contributed by atoms with van der Waals surface area (Å²) in [6.07, 6.45) is 0.579. The molecule has 0 radical (unpaired) electrons. The number of hydrogen-bond donors (Lipinski definition) is 1. The number of sulfonamides is 1. The second kappa shape index (κ2) is 4.54. The van der Waals surface area contributed by atoms with Gasteiger partial charge in [0.2, 0.25) is 10.0 Å². The lowest BCUT2D eigenvalue weighted by molar-refractivity contribution is 0.415. The van der Waals surface area contributed by atoms with Gasteiger partial charge < -0.3 is 10.5 Å². The zero-order valence-electron chi connectivity index (χ0n) is 9.67. The van der Waals surface area contributed by atoms with Crippen LogP contribution in [0.15, 0.2) is 24.3 Å². The van der Waals surface area contributed by atoms with Gasteiger partial charge in [-0.1, -0.05) is 6.07 Å². The molecule has 0 amide bonds. The van der Waals surface area contributed by atoms with Crippen LogP contribution in [0.25, 0.3) is 0 Å². The van der Waals surface area contributed by atoms with Crippen LogP contribution in [0, 0.1) is 0 Å². The van der Waals surface area contributed by atoms with Crippen LogP contribution in [0.3, 0.4) is 0 Å². The lowest BCUT2D eigenvalue weighted by Gasteiger charge is -2.19. The van der Waals surface area contributed by atoms with Gasteiger partial charge in [-0.15, -0.1) is 0 Å². The first-order valence-corrected chi connectivity index (χ1v) is 6.95. The standard InChI is InChI=1S/C11H16N2O3S/c1-16-10-4-2-3-9(7-10)13-6-5-11(8-12)17(13,14)15/h2-4,7,11H,5-6,8,12H2,1H3/t11-/m0/s1. The SMILES string of the molecule is COc1cccc(N2CC[C@@H](CN)S2(=O)=O)c1. The van der Waals surface area contributed by atoms with Crippen LogP contribution in [-0.4, -0.2) is 33.9 Å². The fourth-order valence-electron chi connectivity index (χ4n) is 2.00. The van der Waals surface area contributed by atoms with Crippen molar-refractivity contribution < 1.29 is 13.2 Å². The molecule has 2 rings (SSSR count). The topological polar surface area (TPSA) is 72.6 Å². The van der Waals surface area contributed by atoms with Gasteiger partial charge in [-0.05, 0) is 18.6 Å². The van der Waals surface area contributed by atoms with Crippen LogP contribution in [-0.2, 0) is 10.0 Å². The molecule has 1 heterocycles. The average molecular weight is 256 g/mol. The van der Waals surface area contributed by atoms with E-state index in [-0.39, 0.29) is 6.54 Å². The molecule has 1 aromatic carbocycles. The summed E-state index contributed by atoms with van der Waals surface area (Å²) in [7, 11) is -1.75. The maximum atomic E-state index is 12.1. The Bertz CT molecular complexity index is 501. The molecule has 1 saturated heterocycles. The van der Waals surface area contributed by atoms with Gasteiger partial charge in [0.15, 0.2) is 0 Å². The molecular weight excluding hydrogens is 240 g/mol. The Morgan fingerprint density at radius 2 is 2.29 bits per heavy atom. The molecule has 6 heteroatoms. The Morgan fingerprint density at radius 3 is 2.88 bits per heavy atom. The van der Waals surface area contributed by atoms with Crippen LogP contribution in [0.1, 0.15) is 6.42 Å². The number of nitrogens with zero attached hydrogens (tertiary/aromatic N) is 1. The molecule has 1 fully saturated rings. The predicted octanol–water partition coefficient (Wildman–Crippen LogP) is 0.562. The Balaban J connectivity index is 2.35. The van der Waals surface area contributed by atoms with E-state index in [1.54, 1.807) is 31.4 Å². The van der Waals surface area contributed by atoms with E-state index in [1.165, 1.54) is 4.31 Å². The monoisotopic (exact) mass is 256 g/mol. The van der Waals surface area contributed by atoms with Crippen molar-refractivity contribution in [3.8, 4) is 5.75 Å². The molecule has 0 saturated carbocycles. The van der Waals surface area contributed by atoms with Crippen LogP contribution in [0.2, 0.25) is 0 Å². The molecule has 94 valence electrons. The molecule has 2 N–H and O–H groups in total. The number of hydrogen-bond acceptors (Lipinski definition) is 4. The smallest absolute Gasteiger partial charge is 0.239 e. The Morgan fingerprint density at radius 1 is 1.53 bits per heavy atom. The zero-order valence-corrected chi connectivity index (χ0v) is 10.5. The molecule has 5 nitrogen and oxygen atoms in total. The minimum Gasteiger partial charge on any atom is -0.497 e. The normalized spacial score (nSPS) is 22.7. The number of methoxy groups -OCH3 is 1. The van der Waals surface area contributed by atoms with E-state index in [9.17, 15) is 8.42 Å². The van der Waals surface area contributed by atoms with Crippen LogP contribution in [0.5, 0.6) is 5.75 Å². The Labute approximate surface area is 101 Å². The van der Waals surface area contributed by atoms with E-state index in [0.29, 0.717) is 24.4 Å². The van der Waals surface area contributed by atoms with E-state index in [4.69, 9.17) is 10.5 Å². The van der Waals surface area contributed by atoms with Crippen molar-refractivity contribution in [1.82, 2.24) is 0 Å². The highest BCUT2D eigenvalue weighted by Gasteiger charge is 2.37. The summed E-state index contributed by atoms with van der Waals surface area (Å²) >= 11 is 0. The maximum Gasteiger partial charge on any atom is 0.239 e. The zero-order chi connectivity index (χ0) is 12.5. The highest BCUT2D eigenvalue weighted by Crippen LogP contribution is 2.30. The van der Waals surface area contributed by atoms with Gasteiger partial charge in [0.25, 0.3) is 0 Å². The highest BCUT2D eigenvalue weighted by molar-refractivity contribution is 7.93. The molecule has 1 atom stereocenters. The van der Waals surface area contributed by atoms with Gasteiger partial charge in [-0.3, -0.25) is 4.31 Å². The van der Waals surface area contributed by atoms with Crippen molar-refractivity contribution in [2.45, 2.75) is 11.7 Å². The van der Waals surface area contributed by atoms with Crippen LogP contribution >= 0.6 is 0 Å². The predicted molar refractivity (Wildman–Crippen MR) is 66.7 cm³/mol. The molecular formula is C11H16N2O3S. The second-order valence-corrected chi connectivity index (χ2v) is 6.10. The number of anilines is 1. The molecule has 0 bridgehead atoms. The number of rotatable bonds is 3. The summed E-state index contributed by atoms with van der Waals surface area (Å²) in [5, 5.41) is -0.464. The van der Waals surface area contributed by atoms with Gasteiger partial charge in [0.1, 0.15) is 5.75 Å². The third-order valence-electron chi connectivity index (χ3n) is 2.99. The van der Waals surface area contributed by atoms with Crippen LogP contribution in [0.4, 0.5) is 5.69 Å². The minimum atomic E-state index is -3.30. The summed E-state index contributed by atoms with van der Waals surface area (Å²) < 4.78 is 30.8. The lowest BCUT2D eigenvalue weighted by atomic mass is 10.2. The summed E-state index contributed by atoms with van der Waals surface area (Å²) in [4.78, 5) is 0. The van der Waals surface area contributed by atoms with Crippen molar-refractivity contribution in [2.24, 2.45) is 5.73 Å². The van der Waals surface area contributed by atoms with E-state index in [0.717, 1.165) is 0 Å². The molecule has 0 unspecified atom stereocenters. The first kappa shape index (κ1) is 12.2. The minimum absolute atomic E-state index is 0.169. The van der Waals surface area contributed by atoms with Crippen LogP contribution < -0.4 is 14.8 Å². The average Bonchev–Trinajstić information content (AvgIpc) is 2.64. The van der Waals surface area contributed by atoms with Crippen molar-refractivity contribution >= 4 is 15.7 Å². The van der Waals surface area contributed by atoms with E-state index < -0.39 is 15.3 Å². The van der Waals surface area contributed by atoms with Crippen molar-refractivity contribution in [2.75, 3.05) is 24.5 Å². The molecule has 0 aliphatic carbocycles. The Hall–Kier alpha value is -1.27. The second-order valence-electron chi connectivity index (χ2n) is 3.96. The van der Waals surface area contributed by atoms with Gasteiger partial charge in [-0.25, -0.2) is 8.42 Å². The Kier molecular flexibility index (Phi) is 3.26. The highest BCUT2D eigenvalue weighted by atomic mass is 32.2. The molecule has 1 aliphatic heterocycles. The van der Waals surface area contributed by atoms with Gasteiger partial charge in [0.05, 0.1) is 18.0 Å². The fourth-order valence-corrected chi connectivity index (χ4v) is 3.77. The number of ether oxygens (including phenoxy) is 1. The first-order valence-electron chi connectivity index (χ1n) is 5.45. The molecule has 0 spiro atoms. The fraction of sp³-hybridized carbons (Fsp3) is 0.455. The van der Waals surface area contributed by atoms with Crippen molar-refractivity contribution in [3.63, 3.8) is 0 Å². The quantitative estimate of drug-likeness (QED) is 0.857. The number of benzene rings is 1. The largest absolute Gasteiger partial charge is 0.497 e. The molecule has 0 aromatic heterocycles. The first-order chi connectivity index (χ1) is 8.09. The molecule has 1 aromatic rings. The third-order valence-corrected chi connectivity index (χ3v) is 5.27.